The summed E-state index contributed by atoms with van der Waals surface area (Å²) in [6, 6.07) is 1.88. The van der Waals surface area contributed by atoms with Crippen LogP contribution in [0.2, 0.25) is 0 Å². The van der Waals surface area contributed by atoms with Crippen molar-refractivity contribution >= 4 is 23.2 Å². The fourth-order valence-electron chi connectivity index (χ4n) is 4.01. The molecule has 1 spiro atoms. The van der Waals surface area contributed by atoms with Crippen molar-refractivity contribution in [3.05, 3.63) is 22.4 Å². The van der Waals surface area contributed by atoms with E-state index in [1.54, 1.807) is 18.4 Å². The summed E-state index contributed by atoms with van der Waals surface area (Å²) in [5.41, 5.74) is 0.591. The van der Waals surface area contributed by atoms with Crippen LogP contribution in [0.25, 0.3) is 0 Å². The Labute approximate surface area is 140 Å². The van der Waals surface area contributed by atoms with E-state index in [1.165, 1.54) is 12.8 Å². The van der Waals surface area contributed by atoms with Crippen molar-refractivity contribution in [3.63, 3.8) is 0 Å². The largest absolute Gasteiger partial charge is 0.369 e. The maximum absolute atomic E-state index is 12.5. The smallest absolute Gasteiger partial charge is 0.254 e. The Bertz CT molecular complexity index is 603. The summed E-state index contributed by atoms with van der Waals surface area (Å²) in [7, 11) is 1.63. The first-order chi connectivity index (χ1) is 11.2. The molecule has 1 atom stereocenters. The van der Waals surface area contributed by atoms with Crippen molar-refractivity contribution in [2.75, 3.05) is 26.7 Å². The topological polar surface area (TPSA) is 49.9 Å². The van der Waals surface area contributed by atoms with Crippen LogP contribution in [0, 0.1) is 5.92 Å². The van der Waals surface area contributed by atoms with Crippen molar-refractivity contribution in [2.24, 2.45) is 5.92 Å². The lowest BCUT2D eigenvalue weighted by Crippen LogP contribution is -2.77. The van der Waals surface area contributed by atoms with E-state index >= 15 is 0 Å². The van der Waals surface area contributed by atoms with Crippen LogP contribution in [0.3, 0.4) is 0 Å². The van der Waals surface area contributed by atoms with E-state index in [0.717, 1.165) is 24.9 Å². The molecule has 2 amide bonds. The molecule has 5 nitrogen and oxygen atoms in total. The number of methoxy groups -OCH3 is 1. The number of hydrogen-bond donors (Lipinski definition) is 0. The summed E-state index contributed by atoms with van der Waals surface area (Å²) in [6.07, 6.45) is 3.79. The quantitative estimate of drug-likeness (QED) is 0.791. The molecule has 1 aliphatic carbocycles. The number of β-lactam (4-membered cyclic amide) rings is 1. The third kappa shape index (κ3) is 2.39. The molecular weight excluding hydrogens is 312 g/mol. The molecule has 1 saturated carbocycles. The first-order valence-corrected chi connectivity index (χ1v) is 9.26. The molecule has 1 aromatic rings. The van der Waals surface area contributed by atoms with Crippen molar-refractivity contribution in [2.45, 2.75) is 37.3 Å². The molecule has 124 valence electrons. The van der Waals surface area contributed by atoms with Crippen LogP contribution in [-0.2, 0) is 9.53 Å². The Hall–Kier alpha value is -1.40. The van der Waals surface area contributed by atoms with E-state index in [0.29, 0.717) is 19.0 Å². The van der Waals surface area contributed by atoms with E-state index in [1.807, 2.05) is 26.6 Å². The molecule has 1 aromatic heterocycles. The molecule has 3 fully saturated rings. The molecule has 0 radical (unpaired) electrons. The zero-order chi connectivity index (χ0) is 16.0. The summed E-state index contributed by atoms with van der Waals surface area (Å²) < 4.78 is 5.50. The van der Waals surface area contributed by atoms with Gasteiger partial charge in [-0.2, -0.15) is 11.3 Å². The van der Waals surface area contributed by atoms with E-state index in [4.69, 9.17) is 4.74 Å². The minimum Gasteiger partial charge on any atom is -0.369 e. The molecule has 0 bridgehead atoms. The Morgan fingerprint density at radius 2 is 2.13 bits per heavy atom. The number of likely N-dealkylation sites (tertiary alicyclic amines) is 2. The molecular formula is C17H22N2O3S. The van der Waals surface area contributed by atoms with Crippen molar-refractivity contribution < 1.29 is 14.3 Å². The number of piperidine rings is 1. The average molecular weight is 334 g/mol. The Morgan fingerprint density at radius 3 is 2.70 bits per heavy atom. The van der Waals surface area contributed by atoms with Gasteiger partial charge in [0.2, 0.25) is 0 Å². The number of ether oxygens (including phenoxy) is 1. The maximum Gasteiger partial charge on any atom is 0.254 e. The van der Waals surface area contributed by atoms with Gasteiger partial charge in [0.05, 0.1) is 11.1 Å². The number of rotatable bonds is 4. The van der Waals surface area contributed by atoms with Gasteiger partial charge in [0.1, 0.15) is 0 Å². The standard InChI is InChI=1S/C17H22N2O3S/c1-22-14-16(21)19(10-12-2-3-12)17(14)5-7-18(8-6-17)15(20)13-4-9-23-11-13/h4,9,11-12,14H,2-3,5-8,10H2,1H3. The maximum atomic E-state index is 12.5. The second-order valence-electron chi connectivity index (χ2n) is 6.92. The number of carbonyl (C=O) groups excluding carboxylic acids is 2. The van der Waals surface area contributed by atoms with Crippen molar-refractivity contribution in [3.8, 4) is 0 Å². The molecule has 23 heavy (non-hydrogen) atoms. The summed E-state index contributed by atoms with van der Waals surface area (Å²) in [4.78, 5) is 28.8. The molecule has 2 aliphatic heterocycles. The molecule has 0 N–H and O–H groups in total. The number of amides is 2. The molecule has 4 rings (SSSR count). The van der Waals surface area contributed by atoms with Crippen LogP contribution in [0.4, 0.5) is 0 Å². The predicted molar refractivity (Wildman–Crippen MR) is 87.4 cm³/mol. The van der Waals surface area contributed by atoms with E-state index in [-0.39, 0.29) is 23.5 Å². The van der Waals surface area contributed by atoms with Crippen LogP contribution in [-0.4, -0.2) is 60.0 Å². The number of hydrogen-bond acceptors (Lipinski definition) is 4. The number of thiophene rings is 1. The Balaban J connectivity index is 1.46. The zero-order valence-electron chi connectivity index (χ0n) is 13.4. The minimum absolute atomic E-state index is 0.106. The highest BCUT2D eigenvalue weighted by Gasteiger charge is 2.61. The lowest BCUT2D eigenvalue weighted by atomic mass is 9.72. The minimum atomic E-state index is -0.320. The normalized spacial score (nSPS) is 26.5. The van der Waals surface area contributed by atoms with Gasteiger partial charge in [0.25, 0.3) is 11.8 Å². The molecule has 6 heteroatoms. The fourth-order valence-corrected chi connectivity index (χ4v) is 4.64. The lowest BCUT2D eigenvalue weighted by Gasteiger charge is -2.59. The average Bonchev–Trinajstić information content (AvgIpc) is 3.24. The van der Waals surface area contributed by atoms with Gasteiger partial charge in [-0.05, 0) is 43.0 Å². The summed E-state index contributed by atoms with van der Waals surface area (Å²) in [5, 5.41) is 3.83. The monoisotopic (exact) mass is 334 g/mol. The SMILES string of the molecule is COC1C(=O)N(CC2CC2)C12CCN(C(=O)c1ccsc1)CC2. The fraction of sp³-hybridized carbons (Fsp3) is 0.647. The van der Waals surface area contributed by atoms with Gasteiger partial charge in [-0.25, -0.2) is 0 Å². The number of nitrogens with zero attached hydrogens (tertiary/aromatic N) is 2. The molecule has 2 saturated heterocycles. The van der Waals surface area contributed by atoms with E-state index in [9.17, 15) is 9.59 Å². The van der Waals surface area contributed by atoms with Gasteiger partial charge >= 0.3 is 0 Å². The van der Waals surface area contributed by atoms with Gasteiger partial charge in [0, 0.05) is 32.1 Å². The summed E-state index contributed by atoms with van der Waals surface area (Å²) in [5.74, 6) is 0.922. The third-order valence-electron chi connectivity index (χ3n) is 5.57. The molecule has 0 aromatic carbocycles. The first-order valence-electron chi connectivity index (χ1n) is 8.31. The number of carbonyl (C=O) groups is 2. The van der Waals surface area contributed by atoms with Crippen LogP contribution >= 0.6 is 11.3 Å². The highest BCUT2D eigenvalue weighted by molar-refractivity contribution is 7.08. The highest BCUT2D eigenvalue weighted by Crippen LogP contribution is 2.45. The third-order valence-corrected chi connectivity index (χ3v) is 6.26. The van der Waals surface area contributed by atoms with Crippen LogP contribution in [0.15, 0.2) is 16.8 Å². The van der Waals surface area contributed by atoms with Crippen molar-refractivity contribution in [1.82, 2.24) is 9.80 Å². The van der Waals surface area contributed by atoms with E-state index in [2.05, 4.69) is 0 Å². The molecule has 3 aliphatic rings. The summed E-state index contributed by atoms with van der Waals surface area (Å²) >= 11 is 1.55. The first kappa shape index (κ1) is 15.1. The summed E-state index contributed by atoms with van der Waals surface area (Å²) in [6.45, 7) is 2.27. The van der Waals surface area contributed by atoms with Gasteiger partial charge < -0.3 is 14.5 Å². The van der Waals surface area contributed by atoms with Gasteiger partial charge in [-0.3, -0.25) is 9.59 Å². The van der Waals surface area contributed by atoms with Gasteiger partial charge in [-0.15, -0.1) is 0 Å². The second kappa shape index (κ2) is 5.60. The molecule has 3 heterocycles. The van der Waals surface area contributed by atoms with Gasteiger partial charge in [-0.1, -0.05) is 0 Å². The van der Waals surface area contributed by atoms with Crippen LogP contribution in [0.1, 0.15) is 36.0 Å². The van der Waals surface area contributed by atoms with Gasteiger partial charge in [0.15, 0.2) is 6.10 Å². The lowest BCUT2D eigenvalue weighted by molar-refractivity contribution is -0.198. The Morgan fingerprint density at radius 1 is 1.39 bits per heavy atom. The van der Waals surface area contributed by atoms with Crippen molar-refractivity contribution in [1.29, 1.82) is 0 Å². The highest BCUT2D eigenvalue weighted by atomic mass is 32.1. The Kier molecular flexibility index (Phi) is 3.69. The zero-order valence-corrected chi connectivity index (χ0v) is 14.2. The second-order valence-corrected chi connectivity index (χ2v) is 7.70. The van der Waals surface area contributed by atoms with Crippen LogP contribution in [0.5, 0.6) is 0 Å². The predicted octanol–water partition coefficient (Wildman–Crippen LogP) is 1.99. The van der Waals surface area contributed by atoms with E-state index < -0.39 is 0 Å². The van der Waals surface area contributed by atoms with Crippen LogP contribution < -0.4 is 0 Å². The molecule has 1 unspecified atom stereocenters.